The van der Waals surface area contributed by atoms with Crippen molar-refractivity contribution in [3.63, 3.8) is 0 Å². The summed E-state index contributed by atoms with van der Waals surface area (Å²) in [5.41, 5.74) is 4.74. The normalized spacial score (nSPS) is 11.6. The maximum absolute atomic E-state index is 13.0. The van der Waals surface area contributed by atoms with Gasteiger partial charge < -0.3 is 10.1 Å². The topological polar surface area (TPSA) is 38.3 Å². The third-order valence-electron chi connectivity index (χ3n) is 5.29. The highest BCUT2D eigenvalue weighted by atomic mass is 35.5. The van der Waals surface area contributed by atoms with Crippen molar-refractivity contribution in [2.75, 3.05) is 0 Å². The van der Waals surface area contributed by atoms with Gasteiger partial charge >= 0.3 is 0 Å². The van der Waals surface area contributed by atoms with Gasteiger partial charge in [-0.2, -0.15) is 0 Å². The maximum Gasteiger partial charge on any atom is 0.252 e. The lowest BCUT2D eigenvalue weighted by molar-refractivity contribution is 0.0943. The third-order valence-corrected chi connectivity index (χ3v) is 5.66. The van der Waals surface area contributed by atoms with Crippen molar-refractivity contribution >= 4 is 17.5 Å². The number of carbonyl (C=O) groups is 1. The van der Waals surface area contributed by atoms with E-state index in [2.05, 4.69) is 36.5 Å². The molecule has 0 aromatic heterocycles. The van der Waals surface area contributed by atoms with Crippen LogP contribution in [0.25, 0.3) is 0 Å². The molecule has 1 N–H and O–H groups in total. The van der Waals surface area contributed by atoms with Crippen LogP contribution in [-0.2, 0) is 6.61 Å². The van der Waals surface area contributed by atoms with E-state index < -0.39 is 0 Å². The van der Waals surface area contributed by atoms with Crippen molar-refractivity contribution < 1.29 is 9.53 Å². The van der Waals surface area contributed by atoms with Gasteiger partial charge in [-0.3, -0.25) is 4.79 Å². The van der Waals surface area contributed by atoms with Gasteiger partial charge in [0.15, 0.2) is 0 Å². The van der Waals surface area contributed by atoms with Crippen LogP contribution in [0.5, 0.6) is 5.75 Å². The van der Waals surface area contributed by atoms with Crippen molar-refractivity contribution in [1.82, 2.24) is 5.32 Å². The minimum absolute atomic E-state index is 0.142. The van der Waals surface area contributed by atoms with Crippen LogP contribution in [0.15, 0.2) is 103 Å². The van der Waals surface area contributed by atoms with E-state index in [0.717, 1.165) is 16.7 Å². The van der Waals surface area contributed by atoms with Crippen molar-refractivity contribution in [1.29, 1.82) is 0 Å². The van der Waals surface area contributed by atoms with Gasteiger partial charge in [-0.25, -0.2) is 0 Å². The minimum Gasteiger partial charge on any atom is -0.489 e. The number of carbonyl (C=O) groups excluding carboxylic acids is 1. The molecular weight excluding hydrogens is 418 g/mol. The number of nitrogens with one attached hydrogen (secondary N) is 1. The predicted octanol–water partition coefficient (Wildman–Crippen LogP) is 6.75. The van der Waals surface area contributed by atoms with Crippen molar-refractivity contribution in [2.45, 2.75) is 19.6 Å². The Bertz CT molecular complexity index is 1170. The zero-order valence-corrected chi connectivity index (χ0v) is 18.5. The number of rotatable bonds is 7. The Kier molecular flexibility index (Phi) is 6.88. The Morgan fingerprint density at radius 3 is 2.12 bits per heavy atom. The molecule has 0 aliphatic carbocycles. The van der Waals surface area contributed by atoms with E-state index >= 15 is 0 Å². The molecular formula is C28H24ClNO2. The van der Waals surface area contributed by atoms with Gasteiger partial charge in [0.05, 0.1) is 6.04 Å². The average Bonchev–Trinajstić information content (AvgIpc) is 2.83. The fourth-order valence-corrected chi connectivity index (χ4v) is 3.65. The summed E-state index contributed by atoms with van der Waals surface area (Å²) in [7, 11) is 0. The zero-order chi connectivity index (χ0) is 22.3. The van der Waals surface area contributed by atoms with E-state index in [-0.39, 0.29) is 11.9 Å². The quantitative estimate of drug-likeness (QED) is 0.344. The Morgan fingerprint density at radius 1 is 0.812 bits per heavy atom. The van der Waals surface area contributed by atoms with Crippen LogP contribution >= 0.6 is 11.6 Å². The number of hydrogen-bond donors (Lipinski definition) is 1. The molecule has 4 aromatic carbocycles. The summed E-state index contributed by atoms with van der Waals surface area (Å²) in [5.74, 6) is 0.539. The second-order valence-corrected chi connectivity index (χ2v) is 8.04. The zero-order valence-electron chi connectivity index (χ0n) is 17.8. The van der Waals surface area contributed by atoms with Crippen LogP contribution in [0.4, 0.5) is 0 Å². The van der Waals surface area contributed by atoms with Gasteiger partial charge in [0, 0.05) is 16.1 Å². The molecule has 0 spiro atoms. The Hall–Kier alpha value is -3.56. The van der Waals surface area contributed by atoms with E-state index in [9.17, 15) is 4.79 Å². The molecule has 3 nitrogen and oxygen atoms in total. The van der Waals surface area contributed by atoms with E-state index in [4.69, 9.17) is 16.3 Å². The van der Waals surface area contributed by atoms with Crippen molar-refractivity contribution in [3.05, 3.63) is 136 Å². The number of ether oxygens (including phenoxy) is 1. The number of halogens is 1. The Labute approximate surface area is 193 Å². The smallest absolute Gasteiger partial charge is 0.252 e. The lowest BCUT2D eigenvalue weighted by Crippen LogP contribution is -2.29. The first-order valence-electron chi connectivity index (χ1n) is 10.5. The van der Waals surface area contributed by atoms with Crippen LogP contribution in [-0.4, -0.2) is 5.91 Å². The van der Waals surface area contributed by atoms with E-state index in [1.165, 1.54) is 5.56 Å². The minimum atomic E-state index is -0.236. The number of aryl methyl sites for hydroxylation is 1. The number of amides is 1. The second-order valence-electron chi connectivity index (χ2n) is 7.63. The van der Waals surface area contributed by atoms with Gasteiger partial charge in [-0.1, -0.05) is 90.0 Å². The van der Waals surface area contributed by atoms with Crippen molar-refractivity contribution in [2.24, 2.45) is 0 Å². The van der Waals surface area contributed by atoms with E-state index in [0.29, 0.717) is 22.9 Å². The summed E-state index contributed by atoms with van der Waals surface area (Å²) >= 11 is 6.18. The SMILES string of the molecule is Cc1ccc(C(NC(=O)c2ccc(OCc3ccccc3Cl)cc2)c2ccccc2)cc1. The summed E-state index contributed by atoms with van der Waals surface area (Å²) < 4.78 is 5.82. The summed E-state index contributed by atoms with van der Waals surface area (Å²) in [6, 6.07) is 32.7. The number of hydrogen-bond acceptors (Lipinski definition) is 2. The second kappa shape index (κ2) is 10.2. The van der Waals surface area contributed by atoms with Crippen LogP contribution < -0.4 is 10.1 Å². The molecule has 32 heavy (non-hydrogen) atoms. The lowest BCUT2D eigenvalue weighted by Gasteiger charge is -2.20. The lowest BCUT2D eigenvalue weighted by atomic mass is 9.97. The Morgan fingerprint density at radius 2 is 1.44 bits per heavy atom. The van der Waals surface area contributed by atoms with Gasteiger partial charge in [-0.15, -0.1) is 0 Å². The molecule has 4 rings (SSSR count). The molecule has 0 aliphatic heterocycles. The summed E-state index contributed by atoms with van der Waals surface area (Å²) in [6.45, 7) is 2.42. The molecule has 4 aromatic rings. The molecule has 0 saturated heterocycles. The molecule has 0 fully saturated rings. The fraction of sp³-hybridized carbons (Fsp3) is 0.107. The average molecular weight is 442 g/mol. The van der Waals surface area contributed by atoms with Gasteiger partial charge in [0.25, 0.3) is 5.91 Å². The molecule has 4 heteroatoms. The molecule has 0 bridgehead atoms. The fourth-order valence-electron chi connectivity index (χ4n) is 3.46. The first kappa shape index (κ1) is 21.7. The summed E-state index contributed by atoms with van der Waals surface area (Å²) in [4.78, 5) is 13.0. The molecule has 1 atom stereocenters. The molecule has 0 aliphatic rings. The maximum atomic E-state index is 13.0. The monoisotopic (exact) mass is 441 g/mol. The predicted molar refractivity (Wildman–Crippen MR) is 129 cm³/mol. The van der Waals surface area contributed by atoms with Gasteiger partial charge in [-0.05, 0) is 48.4 Å². The molecule has 0 radical (unpaired) electrons. The summed E-state index contributed by atoms with van der Waals surface area (Å²) in [6.07, 6.45) is 0. The van der Waals surface area contributed by atoms with Crippen LogP contribution in [0.2, 0.25) is 5.02 Å². The molecule has 0 saturated carbocycles. The highest BCUT2D eigenvalue weighted by Crippen LogP contribution is 2.24. The molecule has 160 valence electrons. The first-order valence-corrected chi connectivity index (χ1v) is 10.9. The van der Waals surface area contributed by atoms with Crippen LogP contribution in [0.1, 0.15) is 38.7 Å². The molecule has 0 heterocycles. The molecule has 1 amide bonds. The van der Waals surface area contributed by atoms with Crippen LogP contribution in [0, 0.1) is 6.92 Å². The van der Waals surface area contributed by atoms with Crippen LogP contribution in [0.3, 0.4) is 0 Å². The number of benzene rings is 4. The summed E-state index contributed by atoms with van der Waals surface area (Å²) in [5, 5.41) is 3.85. The van der Waals surface area contributed by atoms with Gasteiger partial charge in [0.1, 0.15) is 12.4 Å². The highest BCUT2D eigenvalue weighted by molar-refractivity contribution is 6.31. The van der Waals surface area contributed by atoms with Gasteiger partial charge in [0.2, 0.25) is 0 Å². The standard InChI is InChI=1S/C28H24ClNO2/c1-20-11-13-22(14-12-20)27(21-7-3-2-4-8-21)30-28(31)23-15-17-25(18-16-23)32-19-24-9-5-6-10-26(24)29/h2-18,27H,19H2,1H3,(H,30,31). The van der Waals surface area contributed by atoms with E-state index in [1.807, 2.05) is 54.6 Å². The third kappa shape index (κ3) is 5.37. The highest BCUT2D eigenvalue weighted by Gasteiger charge is 2.18. The Balaban J connectivity index is 1.47. The van der Waals surface area contributed by atoms with E-state index in [1.54, 1.807) is 24.3 Å². The van der Waals surface area contributed by atoms with Crippen molar-refractivity contribution in [3.8, 4) is 5.75 Å². The largest absolute Gasteiger partial charge is 0.489 e. The molecule has 1 unspecified atom stereocenters. The first-order chi connectivity index (χ1) is 15.6.